The molecule has 2 amide bonds. The van der Waals surface area contributed by atoms with Gasteiger partial charge in [-0.1, -0.05) is 19.9 Å². The van der Waals surface area contributed by atoms with Crippen LogP contribution in [0.15, 0.2) is 46.8 Å². The maximum absolute atomic E-state index is 13.7. The quantitative estimate of drug-likeness (QED) is 0.180. The van der Waals surface area contributed by atoms with Crippen LogP contribution < -0.4 is 16.1 Å². The third-order valence-corrected chi connectivity index (χ3v) is 8.31. The van der Waals surface area contributed by atoms with E-state index >= 15 is 0 Å². The summed E-state index contributed by atoms with van der Waals surface area (Å²) in [6.45, 7) is 8.11. The molecule has 1 aromatic carbocycles. The highest BCUT2D eigenvalue weighted by molar-refractivity contribution is 7.13. The number of aliphatic hydroxyl groups is 1. The molecular formula is C32H37N5O5S. The molecule has 43 heavy (non-hydrogen) atoms. The van der Waals surface area contributed by atoms with E-state index in [1.54, 1.807) is 25.3 Å². The Kier molecular flexibility index (Phi) is 9.22. The van der Waals surface area contributed by atoms with Crippen molar-refractivity contribution in [3.8, 4) is 21.7 Å². The number of thiazole rings is 1. The summed E-state index contributed by atoms with van der Waals surface area (Å²) in [4.78, 5) is 48.2. The Bertz CT molecular complexity index is 1710. The highest BCUT2D eigenvalue weighted by Gasteiger charge is 2.27. The van der Waals surface area contributed by atoms with Crippen LogP contribution in [-0.2, 0) is 4.74 Å². The van der Waals surface area contributed by atoms with Crippen LogP contribution in [0.25, 0.3) is 32.6 Å². The van der Waals surface area contributed by atoms with Crippen molar-refractivity contribution >= 4 is 40.1 Å². The molecule has 3 N–H and O–H groups in total. The molecule has 1 aliphatic carbocycles. The zero-order valence-corrected chi connectivity index (χ0v) is 25.7. The Balaban J connectivity index is 1.68. The molecule has 226 valence electrons. The van der Waals surface area contributed by atoms with Crippen molar-refractivity contribution in [2.45, 2.75) is 58.9 Å². The Labute approximate surface area is 254 Å². The van der Waals surface area contributed by atoms with E-state index in [9.17, 15) is 19.5 Å². The van der Waals surface area contributed by atoms with Gasteiger partial charge in [0.05, 0.1) is 30.5 Å². The highest BCUT2D eigenvalue weighted by atomic mass is 32.1. The van der Waals surface area contributed by atoms with Gasteiger partial charge in [-0.3, -0.25) is 10.1 Å². The fourth-order valence-electron chi connectivity index (χ4n) is 5.23. The lowest BCUT2D eigenvalue weighted by atomic mass is 9.98. The minimum absolute atomic E-state index is 0.0810. The number of hydrogen-bond donors (Lipinski definition) is 3. The van der Waals surface area contributed by atoms with Gasteiger partial charge in [0, 0.05) is 46.7 Å². The molecule has 1 fully saturated rings. The van der Waals surface area contributed by atoms with Crippen LogP contribution in [0.2, 0.25) is 0 Å². The second-order valence-corrected chi connectivity index (χ2v) is 12.0. The fourth-order valence-corrected chi connectivity index (χ4v) is 6.16. The summed E-state index contributed by atoms with van der Waals surface area (Å²) in [5, 5.41) is 19.0. The number of urea groups is 1. The van der Waals surface area contributed by atoms with Crippen LogP contribution in [0.3, 0.4) is 0 Å². The molecule has 1 saturated carbocycles. The third kappa shape index (κ3) is 6.62. The van der Waals surface area contributed by atoms with Gasteiger partial charge in [0.2, 0.25) is 5.43 Å². The number of esters is 1. The van der Waals surface area contributed by atoms with Crippen molar-refractivity contribution in [2.75, 3.05) is 25.1 Å². The van der Waals surface area contributed by atoms with Crippen molar-refractivity contribution in [2.24, 2.45) is 5.92 Å². The molecule has 3 aromatic heterocycles. The van der Waals surface area contributed by atoms with Gasteiger partial charge in [0.15, 0.2) is 0 Å². The molecule has 0 saturated heterocycles. The van der Waals surface area contributed by atoms with E-state index in [1.165, 1.54) is 17.5 Å². The molecule has 3 heterocycles. The van der Waals surface area contributed by atoms with Gasteiger partial charge in [-0.25, -0.2) is 19.6 Å². The molecule has 0 unspecified atom stereocenters. The predicted molar refractivity (Wildman–Crippen MR) is 169 cm³/mol. The van der Waals surface area contributed by atoms with Gasteiger partial charge in [-0.2, -0.15) is 0 Å². The Morgan fingerprint density at radius 1 is 1.19 bits per heavy atom. The van der Waals surface area contributed by atoms with E-state index in [0.717, 1.165) is 34.7 Å². The number of pyridine rings is 2. The van der Waals surface area contributed by atoms with Crippen molar-refractivity contribution in [1.82, 2.24) is 19.9 Å². The number of anilines is 1. The van der Waals surface area contributed by atoms with Crippen molar-refractivity contribution in [3.05, 3.63) is 63.5 Å². The fraction of sp³-hybridized carbons (Fsp3) is 0.406. The van der Waals surface area contributed by atoms with Gasteiger partial charge >= 0.3 is 12.0 Å². The van der Waals surface area contributed by atoms with E-state index in [1.807, 2.05) is 23.6 Å². The lowest BCUT2D eigenvalue weighted by Crippen LogP contribution is -2.28. The second kappa shape index (κ2) is 13.0. The Morgan fingerprint density at radius 2 is 1.98 bits per heavy atom. The van der Waals surface area contributed by atoms with E-state index in [2.05, 4.69) is 34.8 Å². The predicted octanol–water partition coefficient (Wildman–Crippen LogP) is 5.96. The molecule has 1 atom stereocenters. The second-order valence-electron chi connectivity index (χ2n) is 11.1. The number of nitrogens with zero attached hydrogens (tertiary/aromatic N) is 3. The first-order valence-corrected chi connectivity index (χ1v) is 15.6. The van der Waals surface area contributed by atoms with E-state index in [4.69, 9.17) is 9.72 Å². The monoisotopic (exact) mass is 603 g/mol. The number of fused-ring (bicyclic) bond motifs is 1. The summed E-state index contributed by atoms with van der Waals surface area (Å²) in [6, 6.07) is 6.60. The summed E-state index contributed by atoms with van der Waals surface area (Å²) in [5.74, 6) is 0.429. The van der Waals surface area contributed by atoms with E-state index < -0.39 is 11.4 Å². The molecule has 0 bridgehead atoms. The smallest absolute Gasteiger partial charge is 0.343 e. The lowest BCUT2D eigenvalue weighted by molar-refractivity contribution is 0.0523. The SMILES string of the molecule is CCNC(=O)Nc1cc(-c2nc(C3CC3)cs2)c(-c2ccc3c(c2)c(=O)c(C(=O)OCC)cn3[C@H](CO)CC(C)C)cn1. The molecular weight excluding hydrogens is 566 g/mol. The van der Waals surface area contributed by atoms with Crippen LogP contribution in [-0.4, -0.2) is 51.4 Å². The summed E-state index contributed by atoms with van der Waals surface area (Å²) < 4.78 is 7.03. The summed E-state index contributed by atoms with van der Waals surface area (Å²) >= 11 is 1.53. The average molecular weight is 604 g/mol. The molecule has 0 aliphatic heterocycles. The minimum atomic E-state index is -0.701. The summed E-state index contributed by atoms with van der Waals surface area (Å²) in [6.07, 6.45) is 6.08. The van der Waals surface area contributed by atoms with Crippen molar-refractivity contribution < 1.29 is 19.4 Å². The van der Waals surface area contributed by atoms with Crippen LogP contribution in [0.1, 0.15) is 75.0 Å². The number of benzene rings is 1. The van der Waals surface area contributed by atoms with E-state index in [0.29, 0.717) is 41.2 Å². The van der Waals surface area contributed by atoms with Gasteiger partial charge in [-0.05, 0) is 62.8 Å². The maximum atomic E-state index is 13.7. The molecule has 0 radical (unpaired) electrons. The molecule has 4 aromatic rings. The average Bonchev–Trinajstić information content (AvgIpc) is 3.72. The lowest BCUT2D eigenvalue weighted by Gasteiger charge is -2.23. The zero-order valence-electron chi connectivity index (χ0n) is 24.8. The Morgan fingerprint density at radius 3 is 2.65 bits per heavy atom. The number of rotatable bonds is 11. The number of carbonyl (C=O) groups excluding carboxylic acids is 2. The van der Waals surface area contributed by atoms with Gasteiger partial charge < -0.3 is 19.7 Å². The largest absolute Gasteiger partial charge is 0.462 e. The number of amides is 2. The number of hydrogen-bond acceptors (Lipinski definition) is 8. The molecule has 0 spiro atoms. The van der Waals surface area contributed by atoms with Crippen molar-refractivity contribution in [3.63, 3.8) is 0 Å². The minimum Gasteiger partial charge on any atom is -0.462 e. The standard InChI is InChI=1S/C32H37N5O5S/c1-5-33-32(41)36-28-13-22(30-35-26(17-43-30)19-7-8-19)24(14-34-28)20-9-10-27-23(12-20)29(39)25(31(40)42-6-2)15-37(27)21(16-38)11-18(3)4/h9-10,12-15,17-19,21,38H,5-8,11,16H2,1-4H3,(H2,33,34,36,41)/t21-/m0/s1. The highest BCUT2D eigenvalue weighted by Crippen LogP contribution is 2.43. The number of ether oxygens (including phenoxy) is 1. The zero-order chi connectivity index (χ0) is 30.7. The van der Waals surface area contributed by atoms with Crippen LogP contribution in [0.5, 0.6) is 0 Å². The third-order valence-electron chi connectivity index (χ3n) is 7.42. The molecule has 10 nitrogen and oxygen atoms in total. The summed E-state index contributed by atoms with van der Waals surface area (Å²) in [5.41, 5.74) is 3.35. The van der Waals surface area contributed by atoms with E-state index in [-0.39, 0.29) is 36.8 Å². The first-order valence-electron chi connectivity index (χ1n) is 14.7. The number of nitrogens with one attached hydrogen (secondary N) is 2. The van der Waals surface area contributed by atoms with Crippen molar-refractivity contribution in [1.29, 1.82) is 0 Å². The number of aromatic nitrogens is 3. The molecule has 5 rings (SSSR count). The Hall–Kier alpha value is -4.09. The first kappa shape index (κ1) is 30.4. The first-order chi connectivity index (χ1) is 20.7. The van der Waals surface area contributed by atoms with Gasteiger partial charge in [-0.15, -0.1) is 11.3 Å². The van der Waals surface area contributed by atoms with Gasteiger partial charge in [0.1, 0.15) is 16.4 Å². The van der Waals surface area contributed by atoms with Crippen LogP contribution in [0.4, 0.5) is 10.6 Å². The topological polar surface area (TPSA) is 135 Å². The summed E-state index contributed by atoms with van der Waals surface area (Å²) in [7, 11) is 0. The molecule has 1 aliphatic rings. The normalized spacial score (nSPS) is 13.7. The van der Waals surface area contributed by atoms with Crippen LogP contribution in [0, 0.1) is 5.92 Å². The number of carbonyl (C=O) groups is 2. The number of aliphatic hydroxyl groups excluding tert-OH is 1. The molecule has 11 heteroatoms. The maximum Gasteiger partial charge on any atom is 0.343 e. The van der Waals surface area contributed by atoms with Crippen LogP contribution >= 0.6 is 11.3 Å². The van der Waals surface area contributed by atoms with Gasteiger partial charge in [0.25, 0.3) is 0 Å².